The van der Waals surface area contributed by atoms with E-state index in [1.54, 1.807) is 27.9 Å². The molecule has 272 valence electrons. The molecular weight excluding hydrogens is 651 g/mol. The van der Waals surface area contributed by atoms with Crippen LogP contribution in [0.25, 0.3) is 10.8 Å². The van der Waals surface area contributed by atoms with Gasteiger partial charge in [0.1, 0.15) is 11.6 Å². The van der Waals surface area contributed by atoms with Crippen LogP contribution in [0.2, 0.25) is 0 Å². The van der Waals surface area contributed by atoms with Crippen molar-refractivity contribution in [3.05, 3.63) is 78.4 Å². The Morgan fingerprint density at radius 3 is 2.26 bits per heavy atom. The minimum absolute atomic E-state index is 0.0298. The summed E-state index contributed by atoms with van der Waals surface area (Å²) in [4.78, 5) is 41.6. The normalized spacial score (nSPS) is 20.0. The second-order valence-electron chi connectivity index (χ2n) is 15.4. The van der Waals surface area contributed by atoms with Crippen molar-refractivity contribution >= 4 is 40.4 Å². The third kappa shape index (κ3) is 12.0. The number of carbonyl (C=O) groups excluding carboxylic acids is 3. The van der Waals surface area contributed by atoms with E-state index in [-0.39, 0.29) is 29.6 Å². The molecule has 3 aromatic carbocycles. The molecule has 0 aromatic heterocycles. The smallest absolute Gasteiger partial charge is 0.408 e. The van der Waals surface area contributed by atoms with Gasteiger partial charge in [-0.05, 0) is 102 Å². The van der Waals surface area contributed by atoms with Gasteiger partial charge in [-0.25, -0.2) is 4.79 Å². The number of amides is 3. The maximum atomic E-state index is 14.2. The number of carbonyl (C=O) groups is 3. The Balaban J connectivity index is 1.57. The highest BCUT2D eigenvalue weighted by Gasteiger charge is 2.39. The van der Waals surface area contributed by atoms with E-state index in [1.807, 2.05) is 93.6 Å². The summed E-state index contributed by atoms with van der Waals surface area (Å²) in [6.45, 7) is 11.2. The van der Waals surface area contributed by atoms with E-state index in [0.717, 1.165) is 27.7 Å². The monoisotopic (exact) mass is 705 g/mol. The molecule has 6 atom stereocenters. The molecule has 10 heteroatoms. The fourth-order valence-electron chi connectivity index (χ4n) is 6.51. The van der Waals surface area contributed by atoms with E-state index >= 15 is 0 Å². The number of aliphatic hydroxyl groups excluding tert-OH is 1. The molecular formula is C40H55N3O6S. The van der Waals surface area contributed by atoms with Gasteiger partial charge in [0.15, 0.2) is 0 Å². The molecule has 0 radical (unpaired) electrons. The van der Waals surface area contributed by atoms with Gasteiger partial charge in [0.2, 0.25) is 11.8 Å². The Hall–Kier alpha value is -3.60. The first-order chi connectivity index (χ1) is 23.6. The lowest BCUT2D eigenvalue weighted by Crippen LogP contribution is -2.55. The van der Waals surface area contributed by atoms with Crippen LogP contribution in [0.5, 0.6) is 0 Å². The lowest BCUT2D eigenvalue weighted by Gasteiger charge is -2.38. The van der Waals surface area contributed by atoms with Crippen molar-refractivity contribution in [2.75, 3.05) is 12.9 Å². The van der Waals surface area contributed by atoms with Gasteiger partial charge in [-0.15, -0.1) is 11.8 Å². The van der Waals surface area contributed by atoms with Gasteiger partial charge < -0.3 is 30.5 Å². The highest BCUT2D eigenvalue weighted by atomic mass is 32.2. The average molecular weight is 706 g/mol. The number of aliphatic hydroxyl groups is 1. The molecule has 0 bridgehead atoms. The number of benzene rings is 3. The Labute approximate surface area is 301 Å². The second-order valence-corrected chi connectivity index (χ2v) is 16.4. The number of methoxy groups -OCH3 is 1. The second kappa shape index (κ2) is 17.6. The van der Waals surface area contributed by atoms with Crippen LogP contribution in [0, 0.1) is 11.8 Å². The summed E-state index contributed by atoms with van der Waals surface area (Å²) in [5, 5.41) is 23.0. The van der Waals surface area contributed by atoms with E-state index in [0.29, 0.717) is 25.7 Å². The molecule has 3 amide bonds. The van der Waals surface area contributed by atoms with Crippen molar-refractivity contribution < 1.29 is 29.0 Å². The van der Waals surface area contributed by atoms with Crippen molar-refractivity contribution in [2.24, 2.45) is 11.8 Å². The van der Waals surface area contributed by atoms with Gasteiger partial charge >= 0.3 is 6.09 Å². The van der Waals surface area contributed by atoms with Crippen LogP contribution in [0.3, 0.4) is 0 Å². The van der Waals surface area contributed by atoms with Gasteiger partial charge in [0, 0.05) is 29.2 Å². The van der Waals surface area contributed by atoms with Crippen molar-refractivity contribution in [3.63, 3.8) is 0 Å². The summed E-state index contributed by atoms with van der Waals surface area (Å²) in [5.41, 5.74) is -0.203. The largest absolute Gasteiger partial charge is 0.444 e. The van der Waals surface area contributed by atoms with Crippen LogP contribution in [0.1, 0.15) is 72.8 Å². The lowest BCUT2D eigenvalue weighted by atomic mass is 9.73. The van der Waals surface area contributed by atoms with Crippen molar-refractivity contribution in [1.82, 2.24) is 16.0 Å². The van der Waals surface area contributed by atoms with Gasteiger partial charge in [-0.1, -0.05) is 66.7 Å². The molecule has 0 spiro atoms. The van der Waals surface area contributed by atoms with Crippen molar-refractivity contribution in [1.29, 1.82) is 0 Å². The van der Waals surface area contributed by atoms with E-state index in [9.17, 15) is 19.5 Å². The Bertz CT molecular complexity index is 1570. The SMILES string of the molecule is COC1CCC(CC(O)C(Cc2ccccc2)NC(=O)C(CSc2cccc3ccccc23)NC(=O)OC(C)(C)C)C(C(=O)NC(C)(C)C)C1. The van der Waals surface area contributed by atoms with Crippen LogP contribution >= 0.6 is 11.8 Å². The molecule has 1 fully saturated rings. The molecule has 1 aliphatic rings. The Kier molecular flexibility index (Phi) is 13.8. The number of nitrogens with one attached hydrogen (secondary N) is 3. The number of ether oxygens (including phenoxy) is 2. The summed E-state index contributed by atoms with van der Waals surface area (Å²) in [7, 11) is 1.67. The highest BCUT2D eigenvalue weighted by Crippen LogP contribution is 2.36. The Morgan fingerprint density at radius 1 is 0.900 bits per heavy atom. The number of fused-ring (bicyclic) bond motifs is 1. The van der Waals surface area contributed by atoms with Crippen LogP contribution in [0.4, 0.5) is 4.79 Å². The summed E-state index contributed by atoms with van der Waals surface area (Å²) in [5.74, 6) is -0.676. The first-order valence-corrected chi connectivity index (χ1v) is 18.6. The van der Waals surface area contributed by atoms with Gasteiger partial charge in [0.05, 0.1) is 18.2 Å². The summed E-state index contributed by atoms with van der Waals surface area (Å²) in [6, 6.07) is 22.1. The third-order valence-corrected chi connectivity index (χ3v) is 10.1. The van der Waals surface area contributed by atoms with Crippen LogP contribution in [-0.4, -0.2) is 71.3 Å². The molecule has 3 aromatic rings. The predicted molar refractivity (Wildman–Crippen MR) is 200 cm³/mol. The lowest BCUT2D eigenvalue weighted by molar-refractivity contribution is -0.132. The standard InChI is InChI=1S/C40H55N3O6S/c1-39(2,3)43-36(45)31-24-29(48-7)21-20-28(31)23-34(44)32(22-26-14-9-8-10-15-26)41-37(46)33(42-38(47)49-40(4,5)6)25-50-35-19-13-17-27-16-11-12-18-30(27)35/h8-19,28-29,31-34,44H,20-25H2,1-7H3,(H,41,46)(H,42,47)(H,43,45). The molecule has 0 saturated heterocycles. The fraction of sp³-hybridized carbons (Fsp3) is 0.525. The number of hydrogen-bond acceptors (Lipinski definition) is 7. The van der Waals surface area contributed by atoms with Crippen LogP contribution in [0.15, 0.2) is 77.7 Å². The molecule has 1 saturated carbocycles. The summed E-state index contributed by atoms with van der Waals surface area (Å²) < 4.78 is 11.2. The zero-order valence-electron chi connectivity index (χ0n) is 30.5. The first-order valence-electron chi connectivity index (χ1n) is 17.6. The number of thioether (sulfide) groups is 1. The van der Waals surface area contributed by atoms with Crippen LogP contribution in [-0.2, 0) is 25.5 Å². The van der Waals surface area contributed by atoms with Gasteiger partial charge in [-0.2, -0.15) is 0 Å². The quantitative estimate of drug-likeness (QED) is 0.147. The molecule has 9 nitrogen and oxygen atoms in total. The predicted octanol–water partition coefficient (Wildman–Crippen LogP) is 6.65. The molecule has 50 heavy (non-hydrogen) atoms. The number of rotatable bonds is 13. The maximum Gasteiger partial charge on any atom is 0.408 e. The molecule has 0 aliphatic heterocycles. The molecule has 4 rings (SSSR count). The van der Waals surface area contributed by atoms with E-state index in [2.05, 4.69) is 16.0 Å². The average Bonchev–Trinajstić information content (AvgIpc) is 3.05. The number of alkyl carbamates (subject to hydrolysis) is 1. The number of hydrogen-bond donors (Lipinski definition) is 4. The first kappa shape index (κ1) is 39.2. The fourth-order valence-corrected chi connectivity index (χ4v) is 7.61. The zero-order chi connectivity index (χ0) is 36.5. The molecule has 0 heterocycles. The molecule has 1 aliphatic carbocycles. The highest BCUT2D eigenvalue weighted by molar-refractivity contribution is 7.99. The molecule has 4 N–H and O–H groups in total. The van der Waals surface area contributed by atoms with Crippen molar-refractivity contribution in [2.45, 2.75) is 114 Å². The Morgan fingerprint density at radius 2 is 1.58 bits per heavy atom. The minimum Gasteiger partial charge on any atom is -0.444 e. The third-order valence-electron chi connectivity index (χ3n) is 8.91. The molecule has 6 unspecified atom stereocenters. The zero-order valence-corrected chi connectivity index (χ0v) is 31.3. The summed E-state index contributed by atoms with van der Waals surface area (Å²) >= 11 is 1.47. The summed E-state index contributed by atoms with van der Waals surface area (Å²) in [6.07, 6.45) is 1.09. The van der Waals surface area contributed by atoms with E-state index < -0.39 is 41.3 Å². The van der Waals surface area contributed by atoms with Gasteiger partial charge in [0.25, 0.3) is 0 Å². The van der Waals surface area contributed by atoms with Crippen LogP contribution < -0.4 is 16.0 Å². The maximum absolute atomic E-state index is 14.2. The topological polar surface area (TPSA) is 126 Å². The van der Waals surface area contributed by atoms with E-state index in [4.69, 9.17) is 9.47 Å². The van der Waals surface area contributed by atoms with Gasteiger partial charge in [-0.3, -0.25) is 9.59 Å². The van der Waals surface area contributed by atoms with Crippen molar-refractivity contribution in [3.8, 4) is 0 Å². The minimum atomic E-state index is -0.957. The van der Waals surface area contributed by atoms with E-state index in [1.165, 1.54) is 11.8 Å².